The van der Waals surface area contributed by atoms with E-state index in [4.69, 9.17) is 0 Å². The van der Waals surface area contributed by atoms with Crippen LogP contribution in [0.2, 0.25) is 0 Å². The summed E-state index contributed by atoms with van der Waals surface area (Å²) in [6.07, 6.45) is 2.50. The summed E-state index contributed by atoms with van der Waals surface area (Å²) in [5.41, 5.74) is 0.317. The first-order valence-corrected chi connectivity index (χ1v) is 5.76. The molecule has 14 heavy (non-hydrogen) atoms. The van der Waals surface area contributed by atoms with E-state index in [1.165, 1.54) is 19.4 Å². The van der Waals surface area contributed by atoms with Gasteiger partial charge in [0.05, 0.1) is 0 Å². The maximum atomic E-state index is 3.22. The van der Waals surface area contributed by atoms with Crippen LogP contribution in [0.3, 0.4) is 0 Å². The molecule has 0 saturated heterocycles. The van der Waals surface area contributed by atoms with Crippen molar-refractivity contribution >= 4 is 0 Å². The van der Waals surface area contributed by atoms with Crippen molar-refractivity contribution in [1.29, 1.82) is 0 Å². The molecule has 0 radical (unpaired) electrons. The van der Waals surface area contributed by atoms with Gasteiger partial charge in [-0.25, -0.2) is 0 Å². The lowest BCUT2D eigenvalue weighted by atomic mass is 9.97. The highest BCUT2D eigenvalue weighted by Crippen LogP contribution is 2.17. The number of hydrogen-bond donors (Lipinski definition) is 1. The van der Waals surface area contributed by atoms with Crippen LogP contribution in [0.4, 0.5) is 0 Å². The lowest BCUT2D eigenvalue weighted by molar-refractivity contribution is 0.139. The zero-order chi connectivity index (χ0) is 11.2. The molecule has 0 unspecified atom stereocenters. The Kier molecular flexibility index (Phi) is 6.38. The van der Waals surface area contributed by atoms with Crippen molar-refractivity contribution < 1.29 is 0 Å². The Morgan fingerprint density at radius 2 is 1.86 bits per heavy atom. The van der Waals surface area contributed by atoms with Gasteiger partial charge in [-0.1, -0.05) is 13.8 Å². The van der Waals surface area contributed by atoms with Crippen molar-refractivity contribution in [1.82, 2.24) is 10.2 Å². The smallest absolute Gasteiger partial charge is 0.0162 e. The van der Waals surface area contributed by atoms with Crippen molar-refractivity contribution in [3.05, 3.63) is 0 Å². The molecule has 0 aliphatic heterocycles. The molecule has 2 heteroatoms. The monoisotopic (exact) mass is 200 g/mol. The Hall–Kier alpha value is -0.0800. The van der Waals surface area contributed by atoms with E-state index in [1.807, 2.05) is 7.05 Å². The number of hydrogen-bond acceptors (Lipinski definition) is 2. The van der Waals surface area contributed by atoms with Gasteiger partial charge in [0.2, 0.25) is 0 Å². The fraction of sp³-hybridized carbons (Fsp3) is 1.00. The van der Waals surface area contributed by atoms with Crippen molar-refractivity contribution in [2.45, 2.75) is 46.1 Å². The summed E-state index contributed by atoms with van der Waals surface area (Å²) in [6, 6.07) is 0. The van der Waals surface area contributed by atoms with Gasteiger partial charge in [-0.3, -0.25) is 0 Å². The summed E-state index contributed by atoms with van der Waals surface area (Å²) >= 11 is 0. The predicted octanol–water partition coefficient (Wildman–Crippen LogP) is 2.35. The van der Waals surface area contributed by atoms with Gasteiger partial charge in [-0.05, 0) is 59.8 Å². The Balaban J connectivity index is 3.87. The van der Waals surface area contributed by atoms with Crippen LogP contribution in [-0.2, 0) is 0 Å². The van der Waals surface area contributed by atoms with E-state index in [2.05, 4.69) is 45.0 Å². The first-order chi connectivity index (χ1) is 6.40. The Bertz CT molecular complexity index is 141. The molecule has 0 atom stereocenters. The molecule has 2 nitrogen and oxygen atoms in total. The van der Waals surface area contributed by atoms with Crippen LogP contribution in [0.15, 0.2) is 0 Å². The molecular formula is C12H28N2. The van der Waals surface area contributed by atoms with Gasteiger partial charge in [0.25, 0.3) is 0 Å². The second kappa shape index (κ2) is 6.41. The van der Waals surface area contributed by atoms with Crippen LogP contribution in [0.5, 0.6) is 0 Å². The molecular weight excluding hydrogens is 172 g/mol. The lowest BCUT2D eigenvalue weighted by Gasteiger charge is -2.36. The molecule has 0 aliphatic rings. The van der Waals surface area contributed by atoms with Gasteiger partial charge >= 0.3 is 0 Å². The van der Waals surface area contributed by atoms with Crippen LogP contribution in [0, 0.1) is 5.92 Å². The van der Waals surface area contributed by atoms with E-state index in [9.17, 15) is 0 Å². The minimum atomic E-state index is 0.317. The van der Waals surface area contributed by atoms with Crippen molar-refractivity contribution in [3.63, 3.8) is 0 Å². The van der Waals surface area contributed by atoms with Crippen LogP contribution >= 0.6 is 0 Å². The number of nitrogens with zero attached hydrogens (tertiary/aromatic N) is 1. The van der Waals surface area contributed by atoms with Gasteiger partial charge in [0.15, 0.2) is 0 Å². The molecule has 86 valence electrons. The van der Waals surface area contributed by atoms with E-state index in [-0.39, 0.29) is 0 Å². The summed E-state index contributed by atoms with van der Waals surface area (Å²) < 4.78 is 0. The second-order valence-corrected chi connectivity index (χ2v) is 5.27. The van der Waals surface area contributed by atoms with E-state index < -0.39 is 0 Å². The summed E-state index contributed by atoms with van der Waals surface area (Å²) in [5.74, 6) is 0.803. The highest BCUT2D eigenvalue weighted by molar-refractivity contribution is 4.79. The standard InChI is InChI=1S/C12H28N2/c1-11(2)7-10-14(6)12(3,4)8-9-13-5/h11,13H,7-10H2,1-6H3. The molecule has 0 aromatic carbocycles. The Labute approximate surface area is 90.1 Å². The zero-order valence-corrected chi connectivity index (χ0v) is 10.9. The fourth-order valence-corrected chi connectivity index (χ4v) is 1.38. The van der Waals surface area contributed by atoms with Gasteiger partial charge in [0, 0.05) is 5.54 Å². The quantitative estimate of drug-likeness (QED) is 0.678. The highest BCUT2D eigenvalue weighted by atomic mass is 15.2. The van der Waals surface area contributed by atoms with E-state index in [1.54, 1.807) is 0 Å². The summed E-state index contributed by atoms with van der Waals surface area (Å²) in [7, 11) is 4.25. The molecule has 0 aromatic rings. The maximum Gasteiger partial charge on any atom is 0.0162 e. The summed E-state index contributed by atoms with van der Waals surface area (Å²) in [5, 5.41) is 3.22. The topological polar surface area (TPSA) is 15.3 Å². The third-order valence-electron chi connectivity index (χ3n) is 3.06. The van der Waals surface area contributed by atoms with E-state index in [0.29, 0.717) is 5.54 Å². The SMILES string of the molecule is CNCCC(C)(C)N(C)CCC(C)C. The molecule has 0 amide bonds. The maximum absolute atomic E-state index is 3.22. The third kappa shape index (κ3) is 5.61. The molecule has 0 heterocycles. The van der Waals surface area contributed by atoms with Gasteiger partial charge in [-0.15, -0.1) is 0 Å². The predicted molar refractivity (Wildman–Crippen MR) is 64.7 cm³/mol. The molecule has 0 saturated carbocycles. The normalized spacial score (nSPS) is 12.9. The van der Waals surface area contributed by atoms with Crippen molar-refractivity contribution in [2.75, 3.05) is 27.2 Å². The third-order valence-corrected chi connectivity index (χ3v) is 3.06. The molecule has 0 spiro atoms. The minimum Gasteiger partial charge on any atom is -0.320 e. The second-order valence-electron chi connectivity index (χ2n) is 5.27. The number of nitrogens with one attached hydrogen (secondary N) is 1. The van der Waals surface area contributed by atoms with E-state index >= 15 is 0 Å². The van der Waals surface area contributed by atoms with E-state index in [0.717, 1.165) is 12.5 Å². The Morgan fingerprint density at radius 1 is 1.29 bits per heavy atom. The molecule has 0 aliphatic carbocycles. The number of rotatable bonds is 7. The largest absolute Gasteiger partial charge is 0.320 e. The van der Waals surface area contributed by atoms with Crippen LogP contribution in [0.25, 0.3) is 0 Å². The first-order valence-electron chi connectivity index (χ1n) is 5.76. The van der Waals surface area contributed by atoms with Gasteiger partial charge in [0.1, 0.15) is 0 Å². The van der Waals surface area contributed by atoms with Gasteiger partial charge < -0.3 is 10.2 Å². The first kappa shape index (κ1) is 13.9. The lowest BCUT2D eigenvalue weighted by Crippen LogP contribution is -2.43. The van der Waals surface area contributed by atoms with Crippen LogP contribution < -0.4 is 5.32 Å². The average molecular weight is 200 g/mol. The Morgan fingerprint density at radius 3 is 2.29 bits per heavy atom. The average Bonchev–Trinajstić information content (AvgIpc) is 2.10. The zero-order valence-electron chi connectivity index (χ0n) is 10.9. The minimum absolute atomic E-state index is 0.317. The van der Waals surface area contributed by atoms with Crippen LogP contribution in [-0.4, -0.2) is 37.6 Å². The summed E-state index contributed by atoms with van der Waals surface area (Å²) in [4.78, 5) is 2.48. The molecule has 1 N–H and O–H groups in total. The summed E-state index contributed by atoms with van der Waals surface area (Å²) in [6.45, 7) is 11.5. The molecule has 0 aromatic heterocycles. The molecule has 0 bridgehead atoms. The van der Waals surface area contributed by atoms with Crippen molar-refractivity contribution in [2.24, 2.45) is 5.92 Å². The van der Waals surface area contributed by atoms with Crippen LogP contribution in [0.1, 0.15) is 40.5 Å². The fourth-order valence-electron chi connectivity index (χ4n) is 1.38. The highest BCUT2D eigenvalue weighted by Gasteiger charge is 2.22. The molecule has 0 rings (SSSR count). The molecule has 0 fully saturated rings. The van der Waals surface area contributed by atoms with Crippen molar-refractivity contribution in [3.8, 4) is 0 Å². The van der Waals surface area contributed by atoms with Gasteiger partial charge in [-0.2, -0.15) is 0 Å².